The fourth-order valence-electron chi connectivity index (χ4n) is 10.5. The quantitative estimate of drug-likeness (QED) is 0.0222. The van der Waals surface area contributed by atoms with Crippen molar-refractivity contribution in [2.45, 2.75) is 363 Å². The molecular formula is C70H136O17P2. The molecule has 0 radical (unpaired) electrons. The lowest BCUT2D eigenvalue weighted by molar-refractivity contribution is -0.161. The van der Waals surface area contributed by atoms with Gasteiger partial charge in [-0.1, -0.05) is 293 Å². The molecule has 19 heteroatoms. The van der Waals surface area contributed by atoms with Crippen LogP contribution in [0.2, 0.25) is 0 Å². The Morgan fingerprint density at radius 1 is 0.281 bits per heavy atom. The van der Waals surface area contributed by atoms with E-state index in [1.807, 2.05) is 0 Å². The first kappa shape index (κ1) is 87.1. The Labute approximate surface area is 543 Å². The number of ether oxygens (including phenoxy) is 4. The van der Waals surface area contributed by atoms with Crippen molar-refractivity contribution < 1.29 is 80.2 Å². The Morgan fingerprint density at radius 2 is 0.472 bits per heavy atom. The molecule has 89 heavy (non-hydrogen) atoms. The third-order valence-corrected chi connectivity index (χ3v) is 18.0. The average Bonchev–Trinajstić information content (AvgIpc) is 3.52. The molecule has 17 nitrogen and oxygen atoms in total. The van der Waals surface area contributed by atoms with Gasteiger partial charge in [0.15, 0.2) is 12.2 Å². The highest BCUT2D eigenvalue weighted by atomic mass is 31.2. The molecule has 0 aliphatic rings. The van der Waals surface area contributed by atoms with Gasteiger partial charge >= 0.3 is 39.5 Å². The Hall–Kier alpha value is -1.94. The highest BCUT2D eigenvalue weighted by Crippen LogP contribution is 2.45. The SMILES string of the molecule is CC(C)CCCCCCCCCCCCCC(=O)OC[C@H](COP(=O)(O)OCC(O)COP(=O)(O)OC[C@@H](COC(=O)CCCCCCCCCC(C)C)OC(=O)CCCCCCCCCCCCC(C)C)OC(=O)CCCCCCCCCCCC(C)C. The number of aliphatic hydroxyl groups is 1. The number of unbranched alkanes of at least 4 members (excludes halogenated alkanes) is 33. The maximum absolute atomic E-state index is 13.0. The largest absolute Gasteiger partial charge is 0.472 e. The van der Waals surface area contributed by atoms with Crippen LogP contribution in [0.15, 0.2) is 0 Å². The smallest absolute Gasteiger partial charge is 0.462 e. The second-order valence-corrected chi connectivity index (χ2v) is 30.1. The van der Waals surface area contributed by atoms with E-state index in [2.05, 4.69) is 55.4 Å². The van der Waals surface area contributed by atoms with Crippen LogP contribution in [0.5, 0.6) is 0 Å². The molecule has 0 aliphatic heterocycles. The van der Waals surface area contributed by atoms with Gasteiger partial charge in [-0.25, -0.2) is 9.13 Å². The van der Waals surface area contributed by atoms with Gasteiger partial charge < -0.3 is 33.8 Å². The number of phosphoric acid groups is 2. The Balaban J connectivity index is 5.26. The monoisotopic (exact) mass is 1310 g/mol. The summed E-state index contributed by atoms with van der Waals surface area (Å²) in [6.07, 6.45) is 41.7. The molecule has 5 atom stereocenters. The predicted molar refractivity (Wildman–Crippen MR) is 358 cm³/mol. The highest BCUT2D eigenvalue weighted by Gasteiger charge is 2.30. The van der Waals surface area contributed by atoms with E-state index in [-0.39, 0.29) is 25.7 Å². The van der Waals surface area contributed by atoms with Crippen LogP contribution in [0.3, 0.4) is 0 Å². The summed E-state index contributed by atoms with van der Waals surface area (Å²) in [5.74, 6) is 0.834. The molecule has 0 bridgehead atoms. The summed E-state index contributed by atoms with van der Waals surface area (Å²) in [4.78, 5) is 72.5. The molecule has 0 aromatic heterocycles. The Kier molecular flexibility index (Phi) is 58.5. The minimum absolute atomic E-state index is 0.105. The minimum Gasteiger partial charge on any atom is -0.462 e. The molecule has 0 saturated carbocycles. The van der Waals surface area contributed by atoms with Gasteiger partial charge in [-0.15, -0.1) is 0 Å². The molecule has 0 saturated heterocycles. The van der Waals surface area contributed by atoms with E-state index in [0.29, 0.717) is 31.6 Å². The standard InChI is InChI=1S/C70H136O17P2/c1-60(2)46-38-30-22-15-10-9-11-18-26-34-42-50-67(72)80-56-65(87-70(75)53-45-37-28-20-14-17-24-32-40-48-62(5)6)58-84-88(76,77)82-54-64(71)55-83-89(78,79)85-59-66(57-81-68(73)51-43-35-29-21-25-33-41-49-63(7)8)86-69(74)52-44-36-27-19-13-12-16-23-31-39-47-61(3)4/h60-66,71H,9-59H2,1-8H3,(H,76,77)(H,78,79)/t64?,65-,66-/m1/s1. The molecule has 0 heterocycles. The molecule has 0 aromatic carbocycles. The van der Waals surface area contributed by atoms with Crippen LogP contribution in [0.4, 0.5) is 0 Å². The molecule has 3 unspecified atom stereocenters. The number of carbonyl (C=O) groups excluding carboxylic acids is 4. The topological polar surface area (TPSA) is 237 Å². The van der Waals surface area contributed by atoms with Gasteiger partial charge in [0.25, 0.3) is 0 Å². The van der Waals surface area contributed by atoms with E-state index >= 15 is 0 Å². The molecule has 528 valence electrons. The molecular weight excluding hydrogens is 1170 g/mol. The van der Waals surface area contributed by atoms with Crippen molar-refractivity contribution in [2.24, 2.45) is 23.7 Å². The lowest BCUT2D eigenvalue weighted by atomic mass is 10.0. The molecule has 0 amide bonds. The van der Waals surface area contributed by atoms with Gasteiger partial charge in [0.1, 0.15) is 19.3 Å². The third-order valence-electron chi connectivity index (χ3n) is 16.1. The normalized spacial score (nSPS) is 14.3. The van der Waals surface area contributed by atoms with Crippen molar-refractivity contribution in [3.8, 4) is 0 Å². The minimum atomic E-state index is -4.95. The van der Waals surface area contributed by atoms with Crippen molar-refractivity contribution in [1.82, 2.24) is 0 Å². The van der Waals surface area contributed by atoms with Crippen LogP contribution >= 0.6 is 15.6 Å². The fourth-order valence-corrected chi connectivity index (χ4v) is 12.1. The number of rotatable bonds is 67. The zero-order chi connectivity index (χ0) is 66.1. The van der Waals surface area contributed by atoms with E-state index in [4.69, 9.17) is 37.0 Å². The van der Waals surface area contributed by atoms with Crippen molar-refractivity contribution in [3.63, 3.8) is 0 Å². The van der Waals surface area contributed by atoms with E-state index in [1.54, 1.807) is 0 Å². The molecule has 0 aliphatic carbocycles. The number of carbonyl (C=O) groups is 4. The number of hydrogen-bond acceptors (Lipinski definition) is 15. The van der Waals surface area contributed by atoms with Crippen molar-refractivity contribution in [3.05, 3.63) is 0 Å². The first-order valence-electron chi connectivity index (χ1n) is 36.2. The maximum Gasteiger partial charge on any atom is 0.472 e. The summed E-state index contributed by atoms with van der Waals surface area (Å²) >= 11 is 0. The summed E-state index contributed by atoms with van der Waals surface area (Å²) in [6.45, 7) is 14.1. The van der Waals surface area contributed by atoms with Crippen LogP contribution in [0, 0.1) is 23.7 Å². The van der Waals surface area contributed by atoms with Crippen molar-refractivity contribution in [2.75, 3.05) is 39.6 Å². The highest BCUT2D eigenvalue weighted by molar-refractivity contribution is 7.47. The summed E-state index contributed by atoms with van der Waals surface area (Å²) in [5, 5.41) is 10.6. The molecule has 0 rings (SSSR count). The average molecular weight is 1310 g/mol. The Bertz CT molecular complexity index is 1760. The number of aliphatic hydroxyl groups excluding tert-OH is 1. The fraction of sp³-hybridized carbons (Fsp3) is 0.943. The van der Waals surface area contributed by atoms with Gasteiger partial charge in [0.2, 0.25) is 0 Å². The molecule has 0 fully saturated rings. The molecule has 0 aromatic rings. The van der Waals surface area contributed by atoms with E-state index < -0.39 is 97.5 Å². The second kappa shape index (κ2) is 59.8. The van der Waals surface area contributed by atoms with Gasteiger partial charge in [0.05, 0.1) is 26.4 Å². The van der Waals surface area contributed by atoms with Crippen molar-refractivity contribution >= 4 is 39.5 Å². The first-order valence-corrected chi connectivity index (χ1v) is 39.2. The number of hydrogen-bond donors (Lipinski definition) is 3. The zero-order valence-electron chi connectivity index (χ0n) is 58.1. The van der Waals surface area contributed by atoms with Gasteiger partial charge in [-0.2, -0.15) is 0 Å². The van der Waals surface area contributed by atoms with E-state index in [0.717, 1.165) is 114 Å². The predicted octanol–water partition coefficient (Wildman–Crippen LogP) is 19.7. The third kappa shape index (κ3) is 64.6. The Morgan fingerprint density at radius 3 is 0.697 bits per heavy atom. The van der Waals surface area contributed by atoms with Crippen LogP contribution in [-0.2, 0) is 65.4 Å². The number of phosphoric ester groups is 2. The van der Waals surface area contributed by atoms with Gasteiger partial charge in [-0.05, 0) is 49.4 Å². The summed E-state index contributed by atoms with van der Waals surface area (Å²) < 4.78 is 68.3. The second-order valence-electron chi connectivity index (χ2n) is 27.2. The maximum atomic E-state index is 13.0. The lowest BCUT2D eigenvalue weighted by Crippen LogP contribution is -2.30. The van der Waals surface area contributed by atoms with Gasteiger partial charge in [0, 0.05) is 25.7 Å². The van der Waals surface area contributed by atoms with Gasteiger partial charge in [-0.3, -0.25) is 37.3 Å². The first-order chi connectivity index (χ1) is 42.6. The van der Waals surface area contributed by atoms with Crippen LogP contribution in [-0.4, -0.2) is 96.7 Å². The zero-order valence-corrected chi connectivity index (χ0v) is 59.8. The van der Waals surface area contributed by atoms with Crippen LogP contribution in [0.1, 0.15) is 344 Å². The number of esters is 4. The summed E-state index contributed by atoms with van der Waals surface area (Å²) in [5.41, 5.74) is 0. The van der Waals surface area contributed by atoms with E-state index in [9.17, 15) is 43.2 Å². The van der Waals surface area contributed by atoms with Crippen LogP contribution < -0.4 is 0 Å². The van der Waals surface area contributed by atoms with Crippen LogP contribution in [0.25, 0.3) is 0 Å². The van der Waals surface area contributed by atoms with E-state index in [1.165, 1.54) is 141 Å². The molecule has 3 N–H and O–H groups in total. The molecule has 0 spiro atoms. The van der Waals surface area contributed by atoms with Crippen molar-refractivity contribution in [1.29, 1.82) is 0 Å². The summed E-state index contributed by atoms with van der Waals surface area (Å²) in [7, 11) is -9.90. The lowest BCUT2D eigenvalue weighted by Gasteiger charge is -2.21. The summed E-state index contributed by atoms with van der Waals surface area (Å²) in [6, 6.07) is 0.